The number of allylic oxidation sites excluding steroid dienone is 3. The van der Waals surface area contributed by atoms with Crippen molar-refractivity contribution in [3.05, 3.63) is 36.0 Å². The fourth-order valence-corrected chi connectivity index (χ4v) is 3.30. The Balaban J connectivity index is 1.78. The normalized spacial score (nSPS) is 31.7. The van der Waals surface area contributed by atoms with E-state index < -0.39 is 0 Å². The van der Waals surface area contributed by atoms with Crippen molar-refractivity contribution in [3.8, 4) is 0 Å². The lowest BCUT2D eigenvalue weighted by Crippen LogP contribution is -2.51. The highest BCUT2D eigenvalue weighted by Crippen LogP contribution is 2.45. The maximum absolute atomic E-state index is 5.77. The minimum Gasteiger partial charge on any atom is -0.225 e. The molecule has 0 spiro atoms. The Labute approximate surface area is 142 Å². The zero-order valence-electron chi connectivity index (χ0n) is 15.7. The van der Waals surface area contributed by atoms with Crippen molar-refractivity contribution in [1.29, 1.82) is 0 Å². The summed E-state index contributed by atoms with van der Waals surface area (Å²) < 4.78 is 0. The molecule has 3 atom stereocenters. The first-order chi connectivity index (χ1) is 10.8. The molecule has 2 aliphatic heterocycles. The molecule has 2 bridgehead atoms. The van der Waals surface area contributed by atoms with Crippen LogP contribution in [0.4, 0.5) is 0 Å². The van der Waals surface area contributed by atoms with Crippen molar-refractivity contribution in [2.75, 3.05) is 0 Å². The highest BCUT2D eigenvalue weighted by atomic mass is 17.2. The van der Waals surface area contributed by atoms with Crippen molar-refractivity contribution in [3.63, 3.8) is 0 Å². The second-order valence-corrected chi connectivity index (χ2v) is 8.11. The summed E-state index contributed by atoms with van der Waals surface area (Å²) in [4.78, 5) is 11.4. The molecule has 0 saturated carbocycles. The van der Waals surface area contributed by atoms with E-state index in [0.29, 0.717) is 11.8 Å². The van der Waals surface area contributed by atoms with E-state index in [1.807, 2.05) is 0 Å². The molecule has 2 nitrogen and oxygen atoms in total. The van der Waals surface area contributed by atoms with Crippen LogP contribution in [0, 0.1) is 11.8 Å². The summed E-state index contributed by atoms with van der Waals surface area (Å²) in [5.41, 5.74) is 2.43. The van der Waals surface area contributed by atoms with Crippen LogP contribution in [-0.2, 0) is 9.78 Å². The van der Waals surface area contributed by atoms with E-state index in [1.54, 1.807) is 0 Å². The number of hydrogen-bond donors (Lipinski definition) is 0. The molecule has 0 N–H and O–H groups in total. The maximum Gasteiger partial charge on any atom is 0.124 e. The lowest BCUT2D eigenvalue weighted by molar-refractivity contribution is -0.432. The zero-order chi connectivity index (χ0) is 17.1. The van der Waals surface area contributed by atoms with Crippen LogP contribution in [0.2, 0.25) is 0 Å². The van der Waals surface area contributed by atoms with Gasteiger partial charge in [0.2, 0.25) is 0 Å². The molecule has 0 aromatic rings. The smallest absolute Gasteiger partial charge is 0.124 e. The monoisotopic (exact) mass is 318 g/mol. The standard InChI is InChI=1S/C21H34O2/c1-16(2)18(4)11-10-17(3)8-7-9-19(5)21-14-12-20(6,13-15-21)22-23-21/h8,12,14,16,19H,4,7,9-11,13,15H2,1-3,5-6H3/b17-8+. The summed E-state index contributed by atoms with van der Waals surface area (Å²) in [5.74, 6) is 1.06. The largest absolute Gasteiger partial charge is 0.225 e. The van der Waals surface area contributed by atoms with Crippen LogP contribution in [0.5, 0.6) is 0 Å². The average Bonchev–Trinajstić information content (AvgIpc) is 2.53. The van der Waals surface area contributed by atoms with Crippen molar-refractivity contribution >= 4 is 0 Å². The first kappa shape index (κ1) is 18.5. The SMILES string of the molecule is C=C(CC/C(C)=C/CCC(C)C12C=CC(C)(CC1)OO2)C(C)C. The maximum atomic E-state index is 5.77. The Morgan fingerprint density at radius 3 is 2.43 bits per heavy atom. The van der Waals surface area contributed by atoms with Gasteiger partial charge in [-0.1, -0.05) is 56.7 Å². The predicted octanol–water partition coefficient (Wildman–Crippen LogP) is 6.15. The van der Waals surface area contributed by atoms with E-state index in [4.69, 9.17) is 9.78 Å². The Bertz CT molecular complexity index is 476. The van der Waals surface area contributed by atoms with Crippen LogP contribution in [0.3, 0.4) is 0 Å². The van der Waals surface area contributed by atoms with Crippen LogP contribution in [-0.4, -0.2) is 11.2 Å². The molecule has 0 radical (unpaired) electrons. The van der Waals surface area contributed by atoms with Crippen molar-refractivity contribution in [2.45, 2.75) is 84.3 Å². The molecule has 3 aliphatic rings. The molecule has 2 heteroatoms. The minimum absolute atomic E-state index is 0.198. The lowest BCUT2D eigenvalue weighted by Gasteiger charge is -2.48. The average molecular weight is 319 g/mol. The van der Waals surface area contributed by atoms with Gasteiger partial charge >= 0.3 is 0 Å². The van der Waals surface area contributed by atoms with E-state index in [0.717, 1.165) is 38.5 Å². The van der Waals surface area contributed by atoms with Crippen molar-refractivity contribution in [1.82, 2.24) is 0 Å². The Kier molecular flexibility index (Phi) is 5.91. The number of hydrogen-bond acceptors (Lipinski definition) is 2. The van der Waals surface area contributed by atoms with E-state index in [9.17, 15) is 0 Å². The van der Waals surface area contributed by atoms with Crippen LogP contribution >= 0.6 is 0 Å². The van der Waals surface area contributed by atoms with Gasteiger partial charge in [0.15, 0.2) is 0 Å². The zero-order valence-corrected chi connectivity index (χ0v) is 15.7. The van der Waals surface area contributed by atoms with Crippen LogP contribution in [0.1, 0.15) is 73.1 Å². The molecule has 3 rings (SSSR count). The van der Waals surface area contributed by atoms with Gasteiger partial charge in [-0.25, -0.2) is 9.78 Å². The second-order valence-electron chi connectivity index (χ2n) is 8.11. The summed E-state index contributed by atoms with van der Waals surface area (Å²) in [5, 5.41) is 0. The van der Waals surface area contributed by atoms with Crippen molar-refractivity contribution in [2.24, 2.45) is 11.8 Å². The van der Waals surface area contributed by atoms with Gasteiger partial charge in [0.05, 0.1) is 0 Å². The topological polar surface area (TPSA) is 18.5 Å². The van der Waals surface area contributed by atoms with Gasteiger partial charge in [0.1, 0.15) is 11.2 Å². The molecule has 2 heterocycles. The third-order valence-electron chi connectivity index (χ3n) is 5.70. The third-order valence-corrected chi connectivity index (χ3v) is 5.70. The summed E-state index contributed by atoms with van der Waals surface area (Å²) in [6.07, 6.45) is 13.4. The van der Waals surface area contributed by atoms with Gasteiger partial charge < -0.3 is 0 Å². The second kappa shape index (κ2) is 7.36. The van der Waals surface area contributed by atoms with E-state index in [2.05, 4.69) is 59.4 Å². The highest BCUT2D eigenvalue weighted by Gasteiger charge is 2.48. The van der Waals surface area contributed by atoms with Crippen LogP contribution in [0.15, 0.2) is 36.0 Å². The summed E-state index contributed by atoms with van der Waals surface area (Å²) in [6.45, 7) is 15.2. The fourth-order valence-electron chi connectivity index (χ4n) is 3.30. The highest BCUT2D eigenvalue weighted by molar-refractivity contribution is 5.18. The molecule has 0 aromatic carbocycles. The molecular weight excluding hydrogens is 284 g/mol. The van der Waals surface area contributed by atoms with Gasteiger partial charge in [-0.2, -0.15) is 0 Å². The van der Waals surface area contributed by atoms with Crippen LogP contribution < -0.4 is 0 Å². The quantitative estimate of drug-likeness (QED) is 0.394. The number of fused-ring (bicyclic) bond motifs is 2. The molecule has 0 aromatic heterocycles. The van der Waals surface area contributed by atoms with E-state index >= 15 is 0 Å². The number of rotatable bonds is 8. The fraction of sp³-hybridized carbons (Fsp3) is 0.714. The summed E-state index contributed by atoms with van der Waals surface area (Å²) in [7, 11) is 0. The van der Waals surface area contributed by atoms with Gasteiger partial charge in [0, 0.05) is 0 Å². The van der Waals surface area contributed by atoms with Gasteiger partial charge in [0.25, 0.3) is 0 Å². The molecule has 1 saturated heterocycles. The molecule has 1 fully saturated rings. The van der Waals surface area contributed by atoms with E-state index in [1.165, 1.54) is 11.1 Å². The Hall–Kier alpha value is -0.860. The molecule has 3 unspecified atom stereocenters. The Morgan fingerprint density at radius 1 is 1.17 bits per heavy atom. The summed E-state index contributed by atoms with van der Waals surface area (Å²) >= 11 is 0. The molecule has 130 valence electrons. The first-order valence-electron chi connectivity index (χ1n) is 9.17. The summed E-state index contributed by atoms with van der Waals surface area (Å²) in [6, 6.07) is 0. The van der Waals surface area contributed by atoms with E-state index in [-0.39, 0.29) is 11.2 Å². The van der Waals surface area contributed by atoms with Gasteiger partial charge in [-0.3, -0.25) is 0 Å². The van der Waals surface area contributed by atoms with Crippen molar-refractivity contribution < 1.29 is 9.78 Å². The molecule has 1 aliphatic carbocycles. The molecular formula is C21H34O2. The van der Waals surface area contributed by atoms with Gasteiger partial charge in [-0.15, -0.1) is 0 Å². The Morgan fingerprint density at radius 2 is 1.91 bits per heavy atom. The molecule has 0 amide bonds. The first-order valence-corrected chi connectivity index (χ1v) is 9.17. The minimum atomic E-state index is -0.203. The lowest BCUT2D eigenvalue weighted by atomic mass is 9.74. The molecule has 23 heavy (non-hydrogen) atoms. The van der Waals surface area contributed by atoms with Crippen LogP contribution in [0.25, 0.3) is 0 Å². The predicted molar refractivity (Wildman–Crippen MR) is 97.0 cm³/mol. The third kappa shape index (κ3) is 4.58. The van der Waals surface area contributed by atoms with Gasteiger partial charge in [-0.05, 0) is 64.2 Å².